The number of carbonyl (C=O) groups excluding carboxylic acids is 2. The van der Waals surface area contributed by atoms with Crippen LogP contribution in [0.1, 0.15) is 18.4 Å². The number of hydrogen-bond acceptors (Lipinski definition) is 4. The summed E-state index contributed by atoms with van der Waals surface area (Å²) in [5.41, 5.74) is 1.31. The van der Waals surface area contributed by atoms with E-state index in [1.165, 1.54) is 5.06 Å². The lowest BCUT2D eigenvalue weighted by molar-refractivity contribution is -0.157. The lowest BCUT2D eigenvalue weighted by atomic mass is 10.1. The van der Waals surface area contributed by atoms with Crippen LogP contribution in [0.2, 0.25) is 0 Å². The maximum absolute atomic E-state index is 11.2. The summed E-state index contributed by atoms with van der Waals surface area (Å²) < 4.78 is 0. The number of carbonyl (C=O) groups is 1. The highest BCUT2D eigenvalue weighted by Gasteiger charge is 2.22. The third-order valence-corrected chi connectivity index (χ3v) is 2.61. The molecule has 0 unspecified atom stereocenters. The fourth-order valence-corrected chi connectivity index (χ4v) is 1.68. The fraction of sp³-hybridized carbons (Fsp3) is 0.308. The molecule has 0 bridgehead atoms. The molecule has 2 rings (SSSR count). The number of ketones is 1. The molecule has 4 heteroatoms. The van der Waals surface area contributed by atoms with Gasteiger partial charge in [-0.1, -0.05) is 30.3 Å². The minimum atomic E-state index is 0.0583. The van der Waals surface area contributed by atoms with Crippen LogP contribution in [0.4, 0.5) is 0 Å². The van der Waals surface area contributed by atoms with Gasteiger partial charge < -0.3 is 0 Å². The molecule has 0 aromatic heterocycles. The number of piperidine rings is 1. The molecule has 0 amide bonds. The van der Waals surface area contributed by atoms with E-state index in [9.17, 15) is 9.59 Å². The average Bonchev–Trinajstić information content (AvgIpc) is 2.38. The molecule has 1 aromatic rings. The number of nitrogens with zero attached hydrogens (tertiary/aromatic N) is 1. The van der Waals surface area contributed by atoms with Crippen LogP contribution in [0.15, 0.2) is 36.0 Å². The molecular weight excluding hydrogens is 218 g/mol. The third kappa shape index (κ3) is 3.03. The highest BCUT2D eigenvalue weighted by atomic mass is 16.7. The summed E-state index contributed by atoms with van der Waals surface area (Å²) in [6.45, 7) is 0.816. The fourth-order valence-electron chi connectivity index (χ4n) is 1.68. The summed E-state index contributed by atoms with van der Waals surface area (Å²) in [7, 11) is 0. The number of hydrogen-bond donors (Lipinski definition) is 0. The van der Waals surface area contributed by atoms with Crippen molar-refractivity contribution in [1.29, 1.82) is 0 Å². The van der Waals surface area contributed by atoms with E-state index < -0.39 is 0 Å². The first-order valence-corrected chi connectivity index (χ1v) is 5.49. The van der Waals surface area contributed by atoms with E-state index in [0.29, 0.717) is 19.6 Å². The highest BCUT2D eigenvalue weighted by Crippen LogP contribution is 2.17. The normalized spacial score (nSPS) is 15.9. The van der Waals surface area contributed by atoms with Crippen molar-refractivity contribution >= 4 is 11.7 Å². The van der Waals surface area contributed by atoms with Crippen molar-refractivity contribution in [3.63, 3.8) is 0 Å². The molecule has 4 nitrogen and oxygen atoms in total. The van der Waals surface area contributed by atoms with Gasteiger partial charge in [0.15, 0.2) is 0 Å². The molecule has 0 radical (unpaired) electrons. The van der Waals surface area contributed by atoms with Crippen molar-refractivity contribution < 1.29 is 14.4 Å². The molecule has 1 saturated heterocycles. The van der Waals surface area contributed by atoms with Crippen LogP contribution in [0, 0.1) is 0 Å². The summed E-state index contributed by atoms with van der Waals surface area (Å²) in [5, 5.41) is 1.47. The summed E-state index contributed by atoms with van der Waals surface area (Å²) in [5.74, 6) is 1.83. The monoisotopic (exact) mass is 231 g/mol. The second-order valence-corrected chi connectivity index (χ2v) is 3.88. The predicted molar refractivity (Wildman–Crippen MR) is 61.4 cm³/mol. The van der Waals surface area contributed by atoms with Gasteiger partial charge in [-0.15, -0.1) is 0 Å². The minimum Gasteiger partial charge on any atom is -0.299 e. The van der Waals surface area contributed by atoms with Gasteiger partial charge in [0, 0.05) is 6.42 Å². The van der Waals surface area contributed by atoms with Crippen LogP contribution in [0.5, 0.6) is 0 Å². The number of Topliss-reactive ketones (excluding diaryl/α,β-unsaturated/α-hetero) is 1. The van der Waals surface area contributed by atoms with E-state index in [-0.39, 0.29) is 17.9 Å². The average molecular weight is 231 g/mol. The summed E-state index contributed by atoms with van der Waals surface area (Å²) >= 11 is 0. The van der Waals surface area contributed by atoms with Gasteiger partial charge in [-0.2, -0.15) is 0 Å². The maximum atomic E-state index is 11.2. The Hall–Kier alpha value is -1.90. The van der Waals surface area contributed by atoms with Crippen molar-refractivity contribution in [3.8, 4) is 0 Å². The third-order valence-electron chi connectivity index (χ3n) is 2.61. The zero-order chi connectivity index (χ0) is 12.1. The van der Waals surface area contributed by atoms with E-state index >= 15 is 0 Å². The number of hydroxylamine groups is 2. The highest BCUT2D eigenvalue weighted by molar-refractivity contribution is 5.84. The Balaban J connectivity index is 1.95. The van der Waals surface area contributed by atoms with Crippen molar-refractivity contribution in [2.45, 2.75) is 19.4 Å². The Labute approximate surface area is 99.4 Å². The van der Waals surface area contributed by atoms with Gasteiger partial charge in [0.1, 0.15) is 17.4 Å². The second-order valence-electron chi connectivity index (χ2n) is 3.88. The molecule has 1 aromatic carbocycles. The number of benzene rings is 1. The Kier molecular flexibility index (Phi) is 3.70. The molecular formula is C13H13NO3. The zero-order valence-electron chi connectivity index (χ0n) is 9.39. The first kappa shape index (κ1) is 11.6. The smallest absolute Gasteiger partial charge is 0.148 e. The van der Waals surface area contributed by atoms with Crippen LogP contribution >= 0.6 is 0 Å². The Morgan fingerprint density at radius 2 is 2.06 bits per heavy atom. The lowest BCUT2D eigenvalue weighted by Gasteiger charge is -2.27. The molecule has 0 spiro atoms. The van der Waals surface area contributed by atoms with Gasteiger partial charge in [-0.05, 0) is 5.56 Å². The van der Waals surface area contributed by atoms with Gasteiger partial charge in [-0.3, -0.25) is 9.63 Å². The van der Waals surface area contributed by atoms with E-state index in [1.807, 2.05) is 30.3 Å². The Bertz CT molecular complexity index is 449. The van der Waals surface area contributed by atoms with Crippen LogP contribution in [0.25, 0.3) is 0 Å². The molecule has 17 heavy (non-hydrogen) atoms. The summed E-state index contributed by atoms with van der Waals surface area (Å²) in [6.07, 6.45) is 0.540. The lowest BCUT2D eigenvalue weighted by Crippen LogP contribution is -2.32. The van der Waals surface area contributed by atoms with Crippen LogP contribution in [-0.4, -0.2) is 23.3 Å². The number of rotatable bonds is 3. The van der Waals surface area contributed by atoms with Crippen molar-refractivity contribution in [2.24, 2.45) is 0 Å². The molecule has 1 aliphatic rings. The van der Waals surface area contributed by atoms with Crippen LogP contribution in [-0.2, 0) is 21.0 Å². The first-order valence-electron chi connectivity index (χ1n) is 5.49. The largest absolute Gasteiger partial charge is 0.299 e. The molecule has 1 heterocycles. The minimum absolute atomic E-state index is 0.0583. The van der Waals surface area contributed by atoms with Crippen molar-refractivity contribution in [3.05, 3.63) is 41.6 Å². The van der Waals surface area contributed by atoms with Gasteiger partial charge in [0.05, 0.1) is 19.6 Å². The first-order chi connectivity index (χ1) is 8.29. The summed E-state index contributed by atoms with van der Waals surface area (Å²) in [4.78, 5) is 27.4. The quantitative estimate of drug-likeness (QED) is 0.739. The van der Waals surface area contributed by atoms with E-state index in [4.69, 9.17) is 4.84 Å². The van der Waals surface area contributed by atoms with Crippen molar-refractivity contribution in [1.82, 2.24) is 5.06 Å². The molecule has 88 valence electrons. The van der Waals surface area contributed by atoms with Gasteiger partial charge in [-0.25, -0.2) is 9.86 Å². The van der Waals surface area contributed by atoms with Crippen LogP contribution < -0.4 is 0 Å². The molecule has 0 N–H and O–H groups in total. The zero-order valence-corrected chi connectivity index (χ0v) is 9.39. The topological polar surface area (TPSA) is 46.6 Å². The van der Waals surface area contributed by atoms with Crippen LogP contribution in [0.3, 0.4) is 0 Å². The molecule has 0 aliphatic carbocycles. The van der Waals surface area contributed by atoms with E-state index in [2.05, 4.69) is 0 Å². The summed E-state index contributed by atoms with van der Waals surface area (Å²) in [6, 6.07) is 9.67. The molecule has 0 saturated carbocycles. The Morgan fingerprint density at radius 3 is 2.76 bits per heavy atom. The maximum Gasteiger partial charge on any atom is 0.148 e. The second kappa shape index (κ2) is 5.43. The SMILES string of the molecule is O=C=C1CC(=O)CCN1OCc1ccccc1. The molecule has 1 fully saturated rings. The van der Waals surface area contributed by atoms with E-state index in [1.54, 1.807) is 5.94 Å². The van der Waals surface area contributed by atoms with Gasteiger partial charge in [0.25, 0.3) is 0 Å². The predicted octanol–water partition coefficient (Wildman–Crippen LogP) is 1.50. The van der Waals surface area contributed by atoms with E-state index in [0.717, 1.165) is 5.56 Å². The molecule has 0 atom stereocenters. The van der Waals surface area contributed by atoms with Gasteiger partial charge >= 0.3 is 0 Å². The van der Waals surface area contributed by atoms with Gasteiger partial charge in [0.2, 0.25) is 0 Å². The Morgan fingerprint density at radius 1 is 1.29 bits per heavy atom. The molecule has 1 aliphatic heterocycles. The number of allylic oxidation sites excluding steroid dienone is 1. The van der Waals surface area contributed by atoms with Crippen molar-refractivity contribution in [2.75, 3.05) is 6.54 Å². The standard InChI is InChI=1S/C13H13NO3/c15-9-12-8-13(16)6-7-14(12)17-10-11-4-2-1-3-5-11/h1-5H,6-8,10H2.